The first-order valence-electron chi connectivity index (χ1n) is 8.50. The van der Waals surface area contributed by atoms with E-state index in [1.54, 1.807) is 0 Å². The van der Waals surface area contributed by atoms with E-state index in [0.717, 1.165) is 20.1 Å². The number of halogens is 2. The van der Waals surface area contributed by atoms with Gasteiger partial charge in [-0.3, -0.25) is 15.5 Å². The zero-order chi connectivity index (χ0) is 20.8. The molecule has 3 rings (SSSR count). The molecule has 0 aliphatic rings. The molecule has 0 aliphatic heterocycles. The van der Waals surface area contributed by atoms with E-state index in [1.165, 1.54) is 30.1 Å². The van der Waals surface area contributed by atoms with E-state index in [0.29, 0.717) is 12.4 Å². The topological polar surface area (TPSA) is 89.7 Å². The van der Waals surface area contributed by atoms with Crippen molar-refractivity contribution in [1.29, 1.82) is 0 Å². The highest BCUT2D eigenvalue weighted by Crippen LogP contribution is 2.35. The van der Waals surface area contributed by atoms with Gasteiger partial charge in [0.05, 0.1) is 20.1 Å². The molecule has 0 unspecified atom stereocenters. The van der Waals surface area contributed by atoms with Gasteiger partial charge in [-0.25, -0.2) is 4.98 Å². The molecule has 0 saturated heterocycles. The van der Waals surface area contributed by atoms with Gasteiger partial charge in [0, 0.05) is 12.3 Å². The minimum atomic E-state index is -0.516. The number of aryl methyl sites for hydroxylation is 1. The monoisotopic (exact) mass is 518 g/mol. The van der Waals surface area contributed by atoms with Crippen molar-refractivity contribution in [3.05, 3.63) is 90.5 Å². The number of hydrogen-bond donors (Lipinski definition) is 1. The van der Waals surface area contributed by atoms with Crippen LogP contribution in [0.15, 0.2) is 68.8 Å². The Morgan fingerprint density at radius 3 is 2.55 bits per heavy atom. The smallest absolute Gasteiger partial charge is 0.313 e. The molecule has 9 heteroatoms. The van der Waals surface area contributed by atoms with Crippen LogP contribution in [-0.2, 0) is 6.61 Å². The van der Waals surface area contributed by atoms with Crippen molar-refractivity contribution in [2.75, 3.05) is 5.43 Å². The highest BCUT2D eigenvalue weighted by Gasteiger charge is 2.13. The highest BCUT2D eigenvalue weighted by atomic mass is 79.9. The molecule has 0 bridgehead atoms. The van der Waals surface area contributed by atoms with E-state index < -0.39 is 4.92 Å². The van der Waals surface area contributed by atoms with Crippen LogP contribution in [0, 0.1) is 17.0 Å². The van der Waals surface area contributed by atoms with Gasteiger partial charge in [0.25, 0.3) is 0 Å². The van der Waals surface area contributed by atoms with Crippen molar-refractivity contribution in [2.24, 2.45) is 5.10 Å². The van der Waals surface area contributed by atoms with Gasteiger partial charge in [0.15, 0.2) is 0 Å². The minimum Gasteiger partial charge on any atom is -0.487 e. The molecule has 1 heterocycles. The van der Waals surface area contributed by atoms with Crippen LogP contribution in [0.25, 0.3) is 0 Å². The number of anilines is 1. The summed E-state index contributed by atoms with van der Waals surface area (Å²) in [5.41, 5.74) is 5.49. The van der Waals surface area contributed by atoms with E-state index >= 15 is 0 Å². The SMILES string of the molecule is Cc1ccc(COc2c(Br)cc(/C=N\Nc3ncccc3[N+](=O)[O-])cc2Br)cc1. The van der Waals surface area contributed by atoms with Crippen LogP contribution in [0.1, 0.15) is 16.7 Å². The van der Waals surface area contributed by atoms with Crippen LogP contribution in [0.5, 0.6) is 5.75 Å². The molecule has 3 aromatic rings. The Hall–Kier alpha value is -2.78. The fourth-order valence-electron chi connectivity index (χ4n) is 2.43. The van der Waals surface area contributed by atoms with Gasteiger partial charge in [-0.05, 0) is 68.1 Å². The first kappa shape index (κ1) is 20.9. The zero-order valence-corrected chi connectivity index (χ0v) is 18.5. The standard InChI is InChI=1S/C20H16Br2N4O3/c1-13-4-6-14(7-5-13)12-29-19-16(21)9-15(10-17(19)22)11-24-25-20-18(26(27)28)3-2-8-23-20/h2-11H,12H2,1H3,(H,23,25)/b24-11-. The number of hydrazone groups is 1. The minimum absolute atomic E-state index is 0.0740. The van der Waals surface area contributed by atoms with Crippen LogP contribution in [0.2, 0.25) is 0 Å². The summed E-state index contributed by atoms with van der Waals surface area (Å²) in [6.07, 6.45) is 3.00. The molecule has 0 spiro atoms. The summed E-state index contributed by atoms with van der Waals surface area (Å²) >= 11 is 7.02. The summed E-state index contributed by atoms with van der Waals surface area (Å²) in [7, 11) is 0. The summed E-state index contributed by atoms with van der Waals surface area (Å²) in [5, 5.41) is 15.1. The number of rotatable bonds is 7. The number of ether oxygens (including phenoxy) is 1. The maximum Gasteiger partial charge on any atom is 0.313 e. The summed E-state index contributed by atoms with van der Waals surface area (Å²) in [6.45, 7) is 2.48. The number of hydrogen-bond acceptors (Lipinski definition) is 6. The Morgan fingerprint density at radius 2 is 1.90 bits per heavy atom. The van der Waals surface area contributed by atoms with Crippen molar-refractivity contribution in [3.8, 4) is 5.75 Å². The largest absolute Gasteiger partial charge is 0.487 e. The number of aromatic nitrogens is 1. The number of nitro groups is 1. The van der Waals surface area contributed by atoms with Crippen LogP contribution in [0.4, 0.5) is 11.5 Å². The quantitative estimate of drug-likeness (QED) is 0.240. The fraction of sp³-hybridized carbons (Fsp3) is 0.100. The zero-order valence-electron chi connectivity index (χ0n) is 15.3. The van der Waals surface area contributed by atoms with E-state index in [-0.39, 0.29) is 11.5 Å². The molecule has 0 amide bonds. The van der Waals surface area contributed by atoms with Gasteiger partial charge in [0.1, 0.15) is 12.4 Å². The first-order valence-corrected chi connectivity index (χ1v) is 10.1. The second-order valence-corrected chi connectivity index (χ2v) is 7.79. The van der Waals surface area contributed by atoms with Crippen LogP contribution in [0.3, 0.4) is 0 Å². The van der Waals surface area contributed by atoms with Crippen molar-refractivity contribution >= 4 is 49.6 Å². The van der Waals surface area contributed by atoms with Crippen molar-refractivity contribution in [3.63, 3.8) is 0 Å². The molecule has 0 fully saturated rings. The molecule has 0 aliphatic carbocycles. The molecule has 7 nitrogen and oxygen atoms in total. The van der Waals surface area contributed by atoms with Crippen LogP contribution in [-0.4, -0.2) is 16.1 Å². The predicted molar refractivity (Wildman–Crippen MR) is 119 cm³/mol. The first-order chi connectivity index (χ1) is 13.9. The third-order valence-corrected chi connectivity index (χ3v) is 5.07. The molecule has 0 radical (unpaired) electrons. The Morgan fingerprint density at radius 1 is 1.21 bits per heavy atom. The van der Waals surface area contributed by atoms with Gasteiger partial charge in [0.2, 0.25) is 5.82 Å². The van der Waals surface area contributed by atoms with E-state index in [1.807, 2.05) is 43.3 Å². The molecular weight excluding hydrogens is 504 g/mol. The summed E-state index contributed by atoms with van der Waals surface area (Å²) in [6, 6.07) is 14.7. The summed E-state index contributed by atoms with van der Waals surface area (Å²) in [4.78, 5) is 14.4. The van der Waals surface area contributed by atoms with E-state index in [2.05, 4.69) is 47.4 Å². The Balaban J connectivity index is 1.69. The van der Waals surface area contributed by atoms with Gasteiger partial charge < -0.3 is 4.74 Å². The number of nitrogens with one attached hydrogen (secondary N) is 1. The van der Waals surface area contributed by atoms with Gasteiger partial charge in [-0.15, -0.1) is 0 Å². The van der Waals surface area contributed by atoms with Gasteiger partial charge >= 0.3 is 5.69 Å². The van der Waals surface area contributed by atoms with Crippen molar-refractivity contribution < 1.29 is 9.66 Å². The Labute approximate surface area is 184 Å². The third-order valence-electron chi connectivity index (χ3n) is 3.89. The third kappa shape index (κ3) is 5.61. The normalized spacial score (nSPS) is 10.9. The van der Waals surface area contributed by atoms with E-state index in [4.69, 9.17) is 4.74 Å². The molecule has 29 heavy (non-hydrogen) atoms. The summed E-state index contributed by atoms with van der Waals surface area (Å²) in [5.74, 6) is 0.751. The maximum atomic E-state index is 11.0. The average molecular weight is 520 g/mol. The van der Waals surface area contributed by atoms with Crippen molar-refractivity contribution in [1.82, 2.24) is 4.98 Å². The van der Waals surface area contributed by atoms with E-state index in [9.17, 15) is 10.1 Å². The van der Waals surface area contributed by atoms with Crippen molar-refractivity contribution in [2.45, 2.75) is 13.5 Å². The van der Waals surface area contributed by atoms with Gasteiger partial charge in [-0.1, -0.05) is 29.8 Å². The predicted octanol–water partition coefficient (Wildman–Crippen LogP) is 5.85. The molecule has 0 atom stereocenters. The molecule has 1 aromatic heterocycles. The lowest BCUT2D eigenvalue weighted by Crippen LogP contribution is -2.00. The van der Waals surface area contributed by atoms with Gasteiger partial charge in [-0.2, -0.15) is 5.10 Å². The lowest BCUT2D eigenvalue weighted by Gasteiger charge is -2.11. The highest BCUT2D eigenvalue weighted by molar-refractivity contribution is 9.11. The molecule has 0 saturated carbocycles. The summed E-state index contributed by atoms with van der Waals surface area (Å²) < 4.78 is 7.43. The Bertz CT molecular complexity index is 1030. The molecule has 148 valence electrons. The molecular formula is C20H16Br2N4O3. The maximum absolute atomic E-state index is 11.0. The molecule has 1 N–H and O–H groups in total. The number of nitrogens with zero attached hydrogens (tertiary/aromatic N) is 3. The lowest BCUT2D eigenvalue weighted by molar-refractivity contribution is -0.384. The molecule has 2 aromatic carbocycles. The number of benzene rings is 2. The number of pyridine rings is 1. The second kappa shape index (κ2) is 9.62. The van der Waals surface area contributed by atoms with Crippen LogP contribution < -0.4 is 10.2 Å². The average Bonchev–Trinajstić information content (AvgIpc) is 2.69. The lowest BCUT2D eigenvalue weighted by atomic mass is 10.2. The Kier molecular flexibility index (Phi) is 6.95. The second-order valence-electron chi connectivity index (χ2n) is 6.09. The van der Waals surface area contributed by atoms with Crippen LogP contribution >= 0.6 is 31.9 Å². The fourth-order valence-corrected chi connectivity index (χ4v) is 3.88.